The molecule has 3 rings (SSSR count). The van der Waals surface area contributed by atoms with Crippen LogP contribution in [0.3, 0.4) is 0 Å². The molecule has 0 aliphatic carbocycles. The Kier molecular flexibility index (Phi) is 2.07. The number of imidazole rings is 2. The molecule has 0 saturated heterocycles. The van der Waals surface area contributed by atoms with Crippen LogP contribution in [0.4, 0.5) is 0 Å². The first-order chi connectivity index (χ1) is 7.74. The lowest BCUT2D eigenvalue weighted by Gasteiger charge is -1.97. The molecule has 2 heterocycles. The van der Waals surface area contributed by atoms with Crippen molar-refractivity contribution in [3.8, 4) is 11.3 Å². The van der Waals surface area contributed by atoms with E-state index in [0.717, 1.165) is 32.7 Å². The zero-order chi connectivity index (χ0) is 11.1. The third kappa shape index (κ3) is 1.44. The fourth-order valence-electron chi connectivity index (χ4n) is 1.76. The van der Waals surface area contributed by atoms with Crippen molar-refractivity contribution in [3.05, 3.63) is 35.0 Å². The fourth-order valence-corrected chi connectivity index (χ4v) is 2.20. The van der Waals surface area contributed by atoms with Gasteiger partial charge in [0.2, 0.25) is 0 Å². The third-order valence-electron chi connectivity index (χ3n) is 2.47. The molecule has 5 heteroatoms. The molecule has 2 aromatic heterocycles. The zero-order valence-corrected chi connectivity index (χ0v) is 10.2. The molecule has 4 nitrogen and oxygen atoms in total. The molecular formula is C11H9BrN4. The minimum Gasteiger partial charge on any atom is -0.342 e. The van der Waals surface area contributed by atoms with Crippen LogP contribution in [-0.4, -0.2) is 19.9 Å². The molecule has 0 unspecified atom stereocenters. The Morgan fingerprint density at radius 3 is 2.94 bits per heavy atom. The Labute approximate surface area is 100 Å². The number of aryl methyl sites for hydroxylation is 1. The summed E-state index contributed by atoms with van der Waals surface area (Å²) in [5, 5.41) is 0. The van der Waals surface area contributed by atoms with Gasteiger partial charge in [0.05, 0.1) is 17.4 Å². The van der Waals surface area contributed by atoms with Crippen LogP contribution in [-0.2, 0) is 0 Å². The maximum Gasteiger partial charge on any atom is 0.110 e. The molecule has 3 aromatic rings. The summed E-state index contributed by atoms with van der Waals surface area (Å²) < 4.78 is 0.892. The standard InChI is InChI=1S/C11H9BrN4/c1-6-15-8-3-2-7(4-9(8)16-6)10-11(12)14-5-13-10/h2-5H,1H3,(H,13,14)(H,15,16). The van der Waals surface area contributed by atoms with Gasteiger partial charge < -0.3 is 9.97 Å². The number of H-pyrrole nitrogens is 2. The summed E-state index contributed by atoms with van der Waals surface area (Å²) in [5.41, 5.74) is 3.98. The highest BCUT2D eigenvalue weighted by molar-refractivity contribution is 9.10. The molecule has 0 spiro atoms. The van der Waals surface area contributed by atoms with Crippen LogP contribution >= 0.6 is 15.9 Å². The molecule has 0 aliphatic heterocycles. The normalized spacial score (nSPS) is 11.1. The summed E-state index contributed by atoms with van der Waals surface area (Å²) in [6.07, 6.45) is 1.67. The average Bonchev–Trinajstić information content (AvgIpc) is 2.81. The van der Waals surface area contributed by atoms with E-state index in [-0.39, 0.29) is 0 Å². The zero-order valence-electron chi connectivity index (χ0n) is 8.58. The van der Waals surface area contributed by atoms with Gasteiger partial charge in [-0.05, 0) is 35.0 Å². The van der Waals surface area contributed by atoms with Crippen molar-refractivity contribution in [2.24, 2.45) is 0 Å². The van der Waals surface area contributed by atoms with E-state index in [2.05, 4.69) is 41.9 Å². The number of nitrogens with zero attached hydrogens (tertiary/aromatic N) is 2. The second-order valence-electron chi connectivity index (χ2n) is 3.62. The number of halogens is 1. The van der Waals surface area contributed by atoms with E-state index in [1.807, 2.05) is 19.1 Å². The topological polar surface area (TPSA) is 57.4 Å². The van der Waals surface area contributed by atoms with Gasteiger partial charge in [-0.3, -0.25) is 0 Å². The lowest BCUT2D eigenvalue weighted by molar-refractivity contribution is 1.17. The van der Waals surface area contributed by atoms with E-state index in [1.54, 1.807) is 6.33 Å². The lowest BCUT2D eigenvalue weighted by Crippen LogP contribution is -1.79. The summed E-state index contributed by atoms with van der Waals surface area (Å²) in [5.74, 6) is 0.924. The van der Waals surface area contributed by atoms with Gasteiger partial charge >= 0.3 is 0 Å². The van der Waals surface area contributed by atoms with Crippen LogP contribution in [0.25, 0.3) is 22.3 Å². The Bertz CT molecular complexity index is 653. The van der Waals surface area contributed by atoms with Gasteiger partial charge in [0.15, 0.2) is 0 Å². The van der Waals surface area contributed by atoms with Gasteiger partial charge in [-0.1, -0.05) is 6.07 Å². The van der Waals surface area contributed by atoms with E-state index in [4.69, 9.17) is 0 Å². The number of hydrogen-bond donors (Lipinski definition) is 2. The molecule has 2 N–H and O–H groups in total. The Morgan fingerprint density at radius 2 is 2.19 bits per heavy atom. The molecule has 0 radical (unpaired) electrons. The largest absolute Gasteiger partial charge is 0.342 e. The van der Waals surface area contributed by atoms with Gasteiger partial charge in [-0.25, -0.2) is 9.97 Å². The Hall–Kier alpha value is -1.62. The number of benzene rings is 1. The quantitative estimate of drug-likeness (QED) is 0.718. The second-order valence-corrected chi connectivity index (χ2v) is 4.41. The maximum absolute atomic E-state index is 4.36. The average molecular weight is 277 g/mol. The van der Waals surface area contributed by atoms with Crippen LogP contribution < -0.4 is 0 Å². The van der Waals surface area contributed by atoms with Crippen molar-refractivity contribution in [2.45, 2.75) is 6.92 Å². The minimum absolute atomic E-state index is 0.892. The summed E-state index contributed by atoms with van der Waals surface area (Å²) in [6.45, 7) is 1.95. The highest BCUT2D eigenvalue weighted by Gasteiger charge is 2.07. The molecule has 0 amide bonds. The third-order valence-corrected chi connectivity index (χ3v) is 3.07. The number of aromatic nitrogens is 4. The van der Waals surface area contributed by atoms with Gasteiger partial charge in [-0.2, -0.15) is 0 Å². The minimum atomic E-state index is 0.892. The first kappa shape index (κ1) is 9.59. The smallest absolute Gasteiger partial charge is 0.110 e. The molecule has 0 bridgehead atoms. The van der Waals surface area contributed by atoms with Crippen LogP contribution in [0.1, 0.15) is 5.82 Å². The van der Waals surface area contributed by atoms with Crippen molar-refractivity contribution in [3.63, 3.8) is 0 Å². The molecule has 16 heavy (non-hydrogen) atoms. The molecule has 80 valence electrons. The first-order valence-corrected chi connectivity index (χ1v) is 5.69. The van der Waals surface area contributed by atoms with Crippen molar-refractivity contribution in [2.75, 3.05) is 0 Å². The van der Waals surface area contributed by atoms with Gasteiger partial charge in [-0.15, -0.1) is 0 Å². The molecule has 0 fully saturated rings. The summed E-state index contributed by atoms with van der Waals surface area (Å²) in [7, 11) is 0. The van der Waals surface area contributed by atoms with E-state index >= 15 is 0 Å². The van der Waals surface area contributed by atoms with Crippen molar-refractivity contribution in [1.82, 2.24) is 19.9 Å². The molecule has 0 saturated carbocycles. The van der Waals surface area contributed by atoms with Crippen LogP contribution in [0.2, 0.25) is 0 Å². The van der Waals surface area contributed by atoms with Crippen molar-refractivity contribution < 1.29 is 0 Å². The Balaban J connectivity index is 2.22. The SMILES string of the molecule is Cc1nc2ccc(-c3nc[nH]c3Br)cc2[nH]1. The number of hydrogen-bond acceptors (Lipinski definition) is 2. The summed E-state index contributed by atoms with van der Waals surface area (Å²) >= 11 is 3.43. The highest BCUT2D eigenvalue weighted by atomic mass is 79.9. The monoisotopic (exact) mass is 276 g/mol. The van der Waals surface area contributed by atoms with Crippen LogP contribution in [0.5, 0.6) is 0 Å². The summed E-state index contributed by atoms with van der Waals surface area (Å²) in [4.78, 5) is 14.8. The Morgan fingerprint density at radius 1 is 1.31 bits per heavy atom. The molecule has 0 aliphatic rings. The van der Waals surface area contributed by atoms with E-state index in [9.17, 15) is 0 Å². The van der Waals surface area contributed by atoms with Gasteiger partial charge in [0, 0.05) is 5.56 Å². The number of aromatic amines is 2. The highest BCUT2D eigenvalue weighted by Crippen LogP contribution is 2.26. The number of rotatable bonds is 1. The number of nitrogens with one attached hydrogen (secondary N) is 2. The van der Waals surface area contributed by atoms with Gasteiger partial charge in [0.1, 0.15) is 16.1 Å². The van der Waals surface area contributed by atoms with E-state index in [1.165, 1.54) is 0 Å². The predicted molar refractivity (Wildman–Crippen MR) is 66.1 cm³/mol. The van der Waals surface area contributed by atoms with Crippen molar-refractivity contribution in [1.29, 1.82) is 0 Å². The van der Waals surface area contributed by atoms with Crippen molar-refractivity contribution >= 4 is 27.0 Å². The molecular weight excluding hydrogens is 268 g/mol. The summed E-state index contributed by atoms with van der Waals surface area (Å²) in [6, 6.07) is 6.06. The van der Waals surface area contributed by atoms with Crippen LogP contribution in [0, 0.1) is 6.92 Å². The van der Waals surface area contributed by atoms with E-state index < -0.39 is 0 Å². The lowest BCUT2D eigenvalue weighted by atomic mass is 10.1. The fraction of sp³-hybridized carbons (Fsp3) is 0.0909. The number of fused-ring (bicyclic) bond motifs is 1. The molecule has 1 aromatic carbocycles. The van der Waals surface area contributed by atoms with E-state index in [0.29, 0.717) is 0 Å². The van der Waals surface area contributed by atoms with Gasteiger partial charge in [0.25, 0.3) is 0 Å². The van der Waals surface area contributed by atoms with Crippen LogP contribution in [0.15, 0.2) is 29.1 Å². The molecule has 0 atom stereocenters. The first-order valence-electron chi connectivity index (χ1n) is 4.89. The predicted octanol–water partition coefficient (Wildman–Crippen LogP) is 3.02. The maximum atomic E-state index is 4.36. The second kappa shape index (κ2) is 3.45.